The van der Waals surface area contributed by atoms with Crippen LogP contribution in [-0.2, 0) is 4.79 Å². The van der Waals surface area contributed by atoms with Crippen molar-refractivity contribution in [3.63, 3.8) is 0 Å². The number of carboxylic acids is 1. The number of benzene rings is 1. The van der Waals surface area contributed by atoms with Crippen molar-refractivity contribution in [1.29, 1.82) is 0 Å². The van der Waals surface area contributed by atoms with Gasteiger partial charge in [0.05, 0.1) is 18.6 Å². The van der Waals surface area contributed by atoms with Gasteiger partial charge in [-0.15, -0.1) is 0 Å². The van der Waals surface area contributed by atoms with Gasteiger partial charge in [-0.3, -0.25) is 4.79 Å². The number of aliphatic hydroxyl groups is 1. The molecule has 1 aromatic carbocycles. The van der Waals surface area contributed by atoms with Crippen molar-refractivity contribution in [3.8, 4) is 5.75 Å². The van der Waals surface area contributed by atoms with Gasteiger partial charge >= 0.3 is 5.97 Å². The average molecular weight is 317 g/mol. The molecule has 0 fully saturated rings. The van der Waals surface area contributed by atoms with Gasteiger partial charge in [-0.05, 0) is 38.5 Å². The zero-order valence-electron chi connectivity index (χ0n) is 10.6. The van der Waals surface area contributed by atoms with Crippen molar-refractivity contribution in [3.05, 3.63) is 28.2 Å². The van der Waals surface area contributed by atoms with Crippen molar-refractivity contribution < 1.29 is 19.7 Å². The lowest BCUT2D eigenvalue weighted by Gasteiger charge is -2.24. The van der Waals surface area contributed by atoms with Crippen molar-refractivity contribution in [2.75, 3.05) is 7.11 Å². The van der Waals surface area contributed by atoms with E-state index in [1.807, 2.05) is 0 Å². The summed E-state index contributed by atoms with van der Waals surface area (Å²) in [6, 6.07) is 5.27. The summed E-state index contributed by atoms with van der Waals surface area (Å²) >= 11 is 3.32. The maximum absolute atomic E-state index is 11.1. The third-order valence-corrected chi connectivity index (χ3v) is 3.33. The van der Waals surface area contributed by atoms with Crippen LogP contribution in [0.1, 0.15) is 31.9 Å². The first kappa shape index (κ1) is 15.0. The highest BCUT2D eigenvalue weighted by Gasteiger charge is 2.31. The predicted molar refractivity (Wildman–Crippen MR) is 71.7 cm³/mol. The Hall–Kier alpha value is -1.07. The first-order chi connectivity index (χ1) is 8.27. The molecular weight excluding hydrogens is 300 g/mol. The molecule has 1 atom stereocenters. The summed E-state index contributed by atoms with van der Waals surface area (Å²) in [4.78, 5) is 11.1. The highest BCUT2D eigenvalue weighted by atomic mass is 79.9. The predicted octanol–water partition coefficient (Wildman–Crippen LogP) is 2.99. The van der Waals surface area contributed by atoms with E-state index in [-0.39, 0.29) is 6.42 Å². The molecule has 0 radical (unpaired) electrons. The van der Waals surface area contributed by atoms with E-state index in [9.17, 15) is 9.90 Å². The van der Waals surface area contributed by atoms with E-state index in [4.69, 9.17) is 9.84 Å². The number of aliphatic carboxylic acids is 1. The molecule has 0 aromatic heterocycles. The Morgan fingerprint density at radius 2 is 2.11 bits per heavy atom. The molecule has 0 aliphatic rings. The zero-order valence-corrected chi connectivity index (χ0v) is 12.2. The van der Waals surface area contributed by atoms with Gasteiger partial charge in [0.2, 0.25) is 0 Å². The molecule has 1 aromatic rings. The molecule has 0 bridgehead atoms. The molecule has 0 amide bonds. The Labute approximate surface area is 115 Å². The number of hydrogen-bond acceptors (Lipinski definition) is 3. The first-order valence-electron chi connectivity index (χ1n) is 5.53. The fourth-order valence-electron chi connectivity index (χ4n) is 1.65. The number of methoxy groups -OCH3 is 1. The average Bonchev–Trinajstić information content (AvgIpc) is 2.28. The molecule has 18 heavy (non-hydrogen) atoms. The monoisotopic (exact) mass is 316 g/mol. The van der Waals surface area contributed by atoms with Crippen molar-refractivity contribution in [1.82, 2.24) is 0 Å². The number of hydrogen-bond donors (Lipinski definition) is 2. The summed E-state index contributed by atoms with van der Waals surface area (Å²) in [6.45, 7) is 3.17. The summed E-state index contributed by atoms with van der Waals surface area (Å²) in [7, 11) is 1.52. The van der Waals surface area contributed by atoms with E-state index < -0.39 is 17.5 Å². The standard InChI is InChI=1S/C13H17BrO4/c1-13(2,12(16)17)7-10(15)9-6-8(14)4-5-11(9)18-3/h4-6,10,15H,7H2,1-3H3,(H,16,17). The number of carboxylic acid groups (broad SMARTS) is 1. The van der Waals surface area contributed by atoms with Gasteiger partial charge < -0.3 is 14.9 Å². The van der Waals surface area contributed by atoms with E-state index in [1.165, 1.54) is 7.11 Å². The molecule has 0 spiro atoms. The molecule has 1 rings (SSSR count). The molecule has 0 aliphatic heterocycles. The largest absolute Gasteiger partial charge is 0.496 e. The number of ether oxygens (including phenoxy) is 1. The van der Waals surface area contributed by atoms with Crippen LogP contribution >= 0.6 is 15.9 Å². The minimum atomic E-state index is -0.993. The second-order valence-corrected chi connectivity index (χ2v) is 5.71. The van der Waals surface area contributed by atoms with Gasteiger partial charge in [-0.25, -0.2) is 0 Å². The maximum Gasteiger partial charge on any atom is 0.309 e. The summed E-state index contributed by atoms with van der Waals surface area (Å²) in [5, 5.41) is 19.2. The minimum Gasteiger partial charge on any atom is -0.496 e. The van der Waals surface area contributed by atoms with Gasteiger partial charge in [0.25, 0.3) is 0 Å². The summed E-state index contributed by atoms with van der Waals surface area (Å²) < 4.78 is 5.98. The highest BCUT2D eigenvalue weighted by molar-refractivity contribution is 9.10. The topological polar surface area (TPSA) is 66.8 Å². The Morgan fingerprint density at radius 1 is 1.50 bits per heavy atom. The normalized spacial score (nSPS) is 13.2. The molecule has 0 heterocycles. The lowest BCUT2D eigenvalue weighted by Crippen LogP contribution is -2.26. The molecular formula is C13H17BrO4. The van der Waals surface area contributed by atoms with Gasteiger partial charge in [0.1, 0.15) is 5.75 Å². The number of rotatable bonds is 5. The number of halogens is 1. The number of aliphatic hydroxyl groups excluding tert-OH is 1. The minimum absolute atomic E-state index is 0.120. The summed E-state index contributed by atoms with van der Waals surface area (Å²) in [6.07, 6.45) is -0.765. The van der Waals surface area contributed by atoms with E-state index in [1.54, 1.807) is 32.0 Å². The second kappa shape index (κ2) is 5.71. The van der Waals surface area contributed by atoms with Crippen LogP contribution in [-0.4, -0.2) is 23.3 Å². The smallest absolute Gasteiger partial charge is 0.309 e. The number of carbonyl (C=O) groups is 1. The highest BCUT2D eigenvalue weighted by Crippen LogP contribution is 2.35. The maximum atomic E-state index is 11.1. The van der Waals surface area contributed by atoms with Crippen LogP contribution in [0.25, 0.3) is 0 Å². The van der Waals surface area contributed by atoms with Gasteiger partial charge in [0, 0.05) is 10.0 Å². The van der Waals surface area contributed by atoms with Crippen molar-refractivity contribution in [2.45, 2.75) is 26.4 Å². The van der Waals surface area contributed by atoms with Gasteiger partial charge in [-0.1, -0.05) is 15.9 Å². The van der Waals surface area contributed by atoms with Crippen molar-refractivity contribution >= 4 is 21.9 Å². The summed E-state index contributed by atoms with van der Waals surface area (Å²) in [5.74, 6) is -0.387. The van der Waals surface area contributed by atoms with Crippen molar-refractivity contribution in [2.24, 2.45) is 5.41 Å². The molecule has 0 saturated carbocycles. The Kier molecular flexibility index (Phi) is 4.76. The van der Waals surface area contributed by atoms with Crippen LogP contribution in [0.2, 0.25) is 0 Å². The fraction of sp³-hybridized carbons (Fsp3) is 0.462. The molecule has 0 aliphatic carbocycles. The molecule has 1 unspecified atom stereocenters. The van der Waals surface area contributed by atoms with Gasteiger partial charge in [0.15, 0.2) is 0 Å². The van der Waals surface area contributed by atoms with Crippen LogP contribution in [0, 0.1) is 5.41 Å². The lowest BCUT2D eigenvalue weighted by molar-refractivity contribution is -0.148. The SMILES string of the molecule is COc1ccc(Br)cc1C(O)CC(C)(C)C(=O)O. The molecule has 4 nitrogen and oxygen atoms in total. The molecule has 0 saturated heterocycles. The van der Waals surface area contributed by atoms with Crippen LogP contribution < -0.4 is 4.74 Å². The van der Waals surface area contributed by atoms with Crippen LogP contribution in [0.15, 0.2) is 22.7 Å². The van der Waals surface area contributed by atoms with E-state index in [0.717, 1.165) is 4.47 Å². The Balaban J connectivity index is 3.00. The zero-order chi connectivity index (χ0) is 13.9. The van der Waals surface area contributed by atoms with E-state index in [2.05, 4.69) is 15.9 Å². The second-order valence-electron chi connectivity index (χ2n) is 4.80. The quantitative estimate of drug-likeness (QED) is 0.876. The van der Waals surface area contributed by atoms with Crippen LogP contribution in [0.5, 0.6) is 5.75 Å². The first-order valence-corrected chi connectivity index (χ1v) is 6.32. The summed E-state index contributed by atoms with van der Waals surface area (Å²) in [5.41, 5.74) is -0.409. The Bertz CT molecular complexity index is 443. The van der Waals surface area contributed by atoms with Crippen LogP contribution in [0.4, 0.5) is 0 Å². The van der Waals surface area contributed by atoms with E-state index in [0.29, 0.717) is 11.3 Å². The van der Waals surface area contributed by atoms with Crippen LogP contribution in [0.3, 0.4) is 0 Å². The molecule has 5 heteroatoms. The fourth-order valence-corrected chi connectivity index (χ4v) is 2.03. The third-order valence-electron chi connectivity index (χ3n) is 2.83. The molecule has 100 valence electrons. The third kappa shape index (κ3) is 3.46. The van der Waals surface area contributed by atoms with Gasteiger partial charge in [-0.2, -0.15) is 0 Å². The Morgan fingerprint density at radius 3 is 2.61 bits per heavy atom. The lowest BCUT2D eigenvalue weighted by atomic mass is 9.84. The van der Waals surface area contributed by atoms with E-state index >= 15 is 0 Å². The molecule has 2 N–H and O–H groups in total.